The van der Waals surface area contributed by atoms with Gasteiger partial charge in [0.15, 0.2) is 5.15 Å². The van der Waals surface area contributed by atoms with Crippen LogP contribution in [0.5, 0.6) is 0 Å². The Bertz CT molecular complexity index is 697. The van der Waals surface area contributed by atoms with E-state index < -0.39 is 10.0 Å². The van der Waals surface area contributed by atoms with E-state index in [1.807, 2.05) is 0 Å². The van der Waals surface area contributed by atoms with E-state index in [1.165, 1.54) is 18.3 Å². The van der Waals surface area contributed by atoms with Gasteiger partial charge in [-0.1, -0.05) is 29.3 Å². The quantitative estimate of drug-likeness (QED) is 0.882. The molecule has 0 unspecified atom stereocenters. The minimum Gasteiger partial charge on any atom is -0.276 e. The molecule has 1 N–H and O–H groups in total. The van der Waals surface area contributed by atoms with Crippen LogP contribution in [-0.4, -0.2) is 13.4 Å². The summed E-state index contributed by atoms with van der Waals surface area (Å²) in [6, 6.07) is 7.65. The first kappa shape index (κ1) is 14.1. The molecule has 0 aliphatic heterocycles. The molecule has 2 aromatic rings. The molecule has 1 aromatic carbocycles. The number of nitrogens with zero attached hydrogens (tertiary/aromatic N) is 1. The van der Waals surface area contributed by atoms with Crippen LogP contribution in [0.15, 0.2) is 41.4 Å². The molecule has 0 radical (unpaired) electrons. The lowest BCUT2D eigenvalue weighted by Gasteiger charge is -2.11. The van der Waals surface area contributed by atoms with Gasteiger partial charge in [0.25, 0.3) is 10.0 Å². The van der Waals surface area contributed by atoms with E-state index in [4.69, 9.17) is 23.2 Å². The molecular formula is C12H10Cl2N2O2S. The number of aromatic nitrogens is 1. The van der Waals surface area contributed by atoms with Crippen LogP contribution in [0.2, 0.25) is 10.2 Å². The van der Waals surface area contributed by atoms with Gasteiger partial charge in [0, 0.05) is 11.2 Å². The Balaban J connectivity index is 2.42. The molecule has 0 aliphatic rings. The number of halogens is 2. The second kappa shape index (κ2) is 5.36. The first-order chi connectivity index (χ1) is 8.90. The van der Waals surface area contributed by atoms with Gasteiger partial charge in [-0.25, -0.2) is 13.4 Å². The highest BCUT2D eigenvalue weighted by molar-refractivity contribution is 7.92. The molecule has 7 heteroatoms. The lowest BCUT2D eigenvalue weighted by atomic mass is 10.3. The molecule has 1 heterocycles. The van der Waals surface area contributed by atoms with E-state index in [2.05, 4.69) is 9.71 Å². The van der Waals surface area contributed by atoms with Gasteiger partial charge in [0.1, 0.15) is 0 Å². The third kappa shape index (κ3) is 3.18. The normalized spacial score (nSPS) is 11.3. The van der Waals surface area contributed by atoms with E-state index in [-0.39, 0.29) is 15.7 Å². The fourth-order valence-electron chi connectivity index (χ4n) is 1.48. The van der Waals surface area contributed by atoms with Crippen molar-refractivity contribution >= 4 is 38.9 Å². The Hall–Kier alpha value is -1.30. The summed E-state index contributed by atoms with van der Waals surface area (Å²) in [6.45, 7) is 1.74. The van der Waals surface area contributed by atoms with Crippen molar-refractivity contribution in [1.82, 2.24) is 4.98 Å². The Kier molecular flexibility index (Phi) is 3.99. The van der Waals surface area contributed by atoms with Crippen LogP contribution in [0.4, 0.5) is 5.69 Å². The fourth-order valence-corrected chi connectivity index (χ4v) is 3.22. The van der Waals surface area contributed by atoms with Crippen molar-refractivity contribution in [3.63, 3.8) is 0 Å². The lowest BCUT2D eigenvalue weighted by Crippen LogP contribution is -2.14. The van der Waals surface area contributed by atoms with Crippen LogP contribution in [0.1, 0.15) is 5.56 Å². The zero-order valence-electron chi connectivity index (χ0n) is 9.89. The minimum absolute atomic E-state index is 0.0688. The summed E-state index contributed by atoms with van der Waals surface area (Å²) in [5.74, 6) is 0. The van der Waals surface area contributed by atoms with Gasteiger partial charge in [-0.05, 0) is 36.8 Å². The summed E-state index contributed by atoms with van der Waals surface area (Å²) in [6.07, 6.45) is 1.51. The van der Waals surface area contributed by atoms with E-state index in [0.717, 1.165) is 0 Å². The smallest absolute Gasteiger partial charge is 0.262 e. The Morgan fingerprint density at radius 2 is 1.95 bits per heavy atom. The number of anilines is 1. The number of pyridine rings is 1. The molecule has 100 valence electrons. The van der Waals surface area contributed by atoms with E-state index in [0.29, 0.717) is 10.6 Å². The second-order valence-corrected chi connectivity index (χ2v) is 6.33. The van der Waals surface area contributed by atoms with Gasteiger partial charge in [0.05, 0.1) is 10.6 Å². The van der Waals surface area contributed by atoms with E-state index in [9.17, 15) is 8.42 Å². The van der Waals surface area contributed by atoms with Crippen LogP contribution >= 0.6 is 23.2 Å². The number of sulfonamides is 1. The summed E-state index contributed by atoms with van der Waals surface area (Å²) < 4.78 is 26.8. The van der Waals surface area contributed by atoms with E-state index in [1.54, 1.807) is 25.1 Å². The first-order valence-electron chi connectivity index (χ1n) is 5.29. The predicted molar refractivity (Wildman–Crippen MR) is 76.2 cm³/mol. The molecule has 1 aromatic heterocycles. The van der Waals surface area contributed by atoms with Gasteiger partial charge < -0.3 is 0 Å². The van der Waals surface area contributed by atoms with Crippen molar-refractivity contribution in [2.75, 3.05) is 4.72 Å². The summed E-state index contributed by atoms with van der Waals surface area (Å²) in [4.78, 5) is 3.92. The topological polar surface area (TPSA) is 59.1 Å². The Morgan fingerprint density at radius 1 is 1.21 bits per heavy atom. The maximum absolute atomic E-state index is 12.2. The molecule has 0 amide bonds. The van der Waals surface area contributed by atoms with Crippen molar-refractivity contribution in [2.45, 2.75) is 11.8 Å². The predicted octanol–water partition coefficient (Wildman–Crippen LogP) is 3.50. The number of hydrogen-bond donors (Lipinski definition) is 1. The van der Waals surface area contributed by atoms with Crippen LogP contribution in [0.3, 0.4) is 0 Å². The molecule has 2 rings (SSSR count). The number of nitrogens with one attached hydrogen (secondary N) is 1. The molecule has 0 atom stereocenters. The third-order valence-corrected chi connectivity index (χ3v) is 4.32. The maximum atomic E-state index is 12.2. The summed E-state index contributed by atoms with van der Waals surface area (Å²) in [7, 11) is -3.74. The maximum Gasteiger partial charge on any atom is 0.262 e. The Morgan fingerprint density at radius 3 is 2.58 bits per heavy atom. The van der Waals surface area contributed by atoms with Crippen LogP contribution in [0, 0.1) is 6.92 Å². The molecule has 0 aliphatic carbocycles. The number of rotatable bonds is 3. The largest absolute Gasteiger partial charge is 0.276 e. The van der Waals surface area contributed by atoms with E-state index >= 15 is 0 Å². The van der Waals surface area contributed by atoms with Gasteiger partial charge in [-0.3, -0.25) is 4.72 Å². The Labute approximate surface area is 121 Å². The zero-order chi connectivity index (χ0) is 14.0. The number of benzene rings is 1. The molecular weight excluding hydrogens is 307 g/mol. The molecule has 0 saturated carbocycles. The summed E-state index contributed by atoms with van der Waals surface area (Å²) in [5, 5.41) is 0.447. The molecule has 0 spiro atoms. The highest BCUT2D eigenvalue weighted by Crippen LogP contribution is 2.26. The van der Waals surface area contributed by atoms with Crippen LogP contribution in [-0.2, 0) is 10.0 Å². The van der Waals surface area contributed by atoms with Crippen molar-refractivity contribution in [3.05, 3.63) is 52.3 Å². The van der Waals surface area contributed by atoms with Crippen molar-refractivity contribution in [2.24, 2.45) is 0 Å². The third-order valence-electron chi connectivity index (χ3n) is 2.46. The zero-order valence-corrected chi connectivity index (χ0v) is 12.2. The number of aryl methyl sites for hydroxylation is 1. The average molecular weight is 317 g/mol. The monoisotopic (exact) mass is 316 g/mol. The van der Waals surface area contributed by atoms with Gasteiger partial charge in [-0.15, -0.1) is 0 Å². The SMILES string of the molecule is Cc1ccnc(Cl)c1NS(=O)(=O)c1cccc(Cl)c1. The van der Waals surface area contributed by atoms with Crippen LogP contribution < -0.4 is 4.72 Å². The average Bonchev–Trinajstić information content (AvgIpc) is 2.34. The van der Waals surface area contributed by atoms with Crippen molar-refractivity contribution in [3.8, 4) is 0 Å². The highest BCUT2D eigenvalue weighted by atomic mass is 35.5. The van der Waals surface area contributed by atoms with Gasteiger partial charge in [-0.2, -0.15) is 0 Å². The summed E-state index contributed by atoms with van der Waals surface area (Å²) in [5.41, 5.74) is 0.953. The summed E-state index contributed by atoms with van der Waals surface area (Å²) >= 11 is 11.7. The van der Waals surface area contributed by atoms with Crippen molar-refractivity contribution in [1.29, 1.82) is 0 Å². The minimum atomic E-state index is -3.74. The highest BCUT2D eigenvalue weighted by Gasteiger charge is 2.17. The molecule has 0 fully saturated rings. The fraction of sp³-hybridized carbons (Fsp3) is 0.0833. The molecule has 0 bridgehead atoms. The molecule has 19 heavy (non-hydrogen) atoms. The van der Waals surface area contributed by atoms with Gasteiger partial charge >= 0.3 is 0 Å². The van der Waals surface area contributed by atoms with Crippen molar-refractivity contribution < 1.29 is 8.42 Å². The van der Waals surface area contributed by atoms with Crippen LogP contribution in [0.25, 0.3) is 0 Å². The molecule has 0 saturated heterocycles. The number of hydrogen-bond acceptors (Lipinski definition) is 3. The standard InChI is InChI=1S/C12H10Cl2N2O2S/c1-8-5-6-15-12(14)11(8)16-19(17,18)10-4-2-3-9(13)7-10/h2-7,16H,1H3. The molecule has 4 nitrogen and oxygen atoms in total. The first-order valence-corrected chi connectivity index (χ1v) is 7.53. The second-order valence-electron chi connectivity index (χ2n) is 3.86. The lowest BCUT2D eigenvalue weighted by molar-refractivity contribution is 0.601. The van der Waals surface area contributed by atoms with Gasteiger partial charge in [0.2, 0.25) is 0 Å².